The molecule has 0 fully saturated rings. The number of carbonyl (C=O) groups excluding carboxylic acids is 1. The van der Waals surface area contributed by atoms with Crippen molar-refractivity contribution in [2.75, 3.05) is 0 Å². The van der Waals surface area contributed by atoms with E-state index in [9.17, 15) is 4.79 Å². The SMILES string of the molecule is Cc1c(Br)c(-c2ccccc2)nn1C(=O)OC(C)(C)C. The van der Waals surface area contributed by atoms with E-state index in [0.29, 0.717) is 0 Å². The van der Waals surface area contributed by atoms with E-state index < -0.39 is 11.7 Å². The minimum Gasteiger partial charge on any atom is -0.442 e. The van der Waals surface area contributed by atoms with Crippen LogP contribution >= 0.6 is 15.9 Å². The number of halogens is 1. The largest absolute Gasteiger partial charge is 0.442 e. The van der Waals surface area contributed by atoms with Crippen molar-refractivity contribution < 1.29 is 9.53 Å². The molecule has 0 atom stereocenters. The Morgan fingerprint density at radius 1 is 1.25 bits per heavy atom. The van der Waals surface area contributed by atoms with Crippen molar-refractivity contribution >= 4 is 22.0 Å². The average Bonchev–Trinajstić information content (AvgIpc) is 2.66. The lowest BCUT2D eigenvalue weighted by molar-refractivity contribution is 0.0511. The van der Waals surface area contributed by atoms with Crippen LogP contribution in [0.1, 0.15) is 26.5 Å². The van der Waals surface area contributed by atoms with Gasteiger partial charge in [0.25, 0.3) is 0 Å². The molecule has 0 aliphatic heterocycles. The summed E-state index contributed by atoms with van der Waals surface area (Å²) < 4.78 is 7.44. The van der Waals surface area contributed by atoms with Crippen LogP contribution in [0.3, 0.4) is 0 Å². The predicted octanol–water partition coefficient (Wildman–Crippen LogP) is 4.40. The van der Waals surface area contributed by atoms with Gasteiger partial charge >= 0.3 is 6.09 Å². The van der Waals surface area contributed by atoms with E-state index in [1.807, 2.05) is 58.0 Å². The molecule has 0 aliphatic carbocycles. The minimum atomic E-state index is -0.547. The number of hydrogen-bond donors (Lipinski definition) is 0. The molecular weight excluding hydrogens is 320 g/mol. The van der Waals surface area contributed by atoms with Crippen molar-refractivity contribution in [3.8, 4) is 11.3 Å². The lowest BCUT2D eigenvalue weighted by Crippen LogP contribution is -2.28. The van der Waals surface area contributed by atoms with Crippen molar-refractivity contribution in [2.45, 2.75) is 33.3 Å². The Balaban J connectivity index is 2.41. The topological polar surface area (TPSA) is 44.1 Å². The molecule has 0 aliphatic rings. The zero-order valence-electron chi connectivity index (χ0n) is 12.0. The molecule has 1 heterocycles. The molecule has 106 valence electrons. The van der Waals surface area contributed by atoms with Gasteiger partial charge in [0.15, 0.2) is 0 Å². The maximum Gasteiger partial charge on any atom is 0.435 e. The van der Waals surface area contributed by atoms with Gasteiger partial charge in [-0.15, -0.1) is 0 Å². The van der Waals surface area contributed by atoms with Crippen LogP contribution in [0.25, 0.3) is 11.3 Å². The summed E-state index contributed by atoms with van der Waals surface area (Å²) >= 11 is 3.49. The molecule has 0 saturated carbocycles. The van der Waals surface area contributed by atoms with Crippen LogP contribution in [-0.2, 0) is 4.74 Å². The molecule has 0 saturated heterocycles. The zero-order valence-corrected chi connectivity index (χ0v) is 13.6. The number of ether oxygens (including phenoxy) is 1. The molecule has 0 N–H and O–H groups in total. The van der Waals surface area contributed by atoms with Crippen LogP contribution in [0, 0.1) is 6.92 Å². The smallest absolute Gasteiger partial charge is 0.435 e. The number of hydrogen-bond acceptors (Lipinski definition) is 3. The molecule has 20 heavy (non-hydrogen) atoms. The van der Waals surface area contributed by atoms with Gasteiger partial charge in [-0.1, -0.05) is 30.3 Å². The van der Waals surface area contributed by atoms with E-state index in [2.05, 4.69) is 21.0 Å². The summed E-state index contributed by atoms with van der Waals surface area (Å²) in [5.74, 6) is 0. The molecule has 5 heteroatoms. The first-order valence-corrected chi connectivity index (χ1v) is 7.13. The third-order valence-corrected chi connectivity index (χ3v) is 3.61. The molecule has 0 spiro atoms. The van der Waals surface area contributed by atoms with Crippen LogP contribution in [0.15, 0.2) is 34.8 Å². The monoisotopic (exact) mass is 336 g/mol. The lowest BCUT2D eigenvalue weighted by atomic mass is 10.1. The number of aromatic nitrogens is 2. The maximum absolute atomic E-state index is 12.1. The summed E-state index contributed by atoms with van der Waals surface area (Å²) in [7, 11) is 0. The zero-order chi connectivity index (χ0) is 14.9. The summed E-state index contributed by atoms with van der Waals surface area (Å²) in [4.78, 5) is 12.1. The van der Waals surface area contributed by atoms with Crippen LogP contribution in [0.5, 0.6) is 0 Å². The Bertz CT molecular complexity index is 627. The third kappa shape index (κ3) is 3.10. The van der Waals surface area contributed by atoms with Crippen molar-refractivity contribution in [2.24, 2.45) is 0 Å². The standard InChI is InChI=1S/C15H17BrN2O2/c1-10-12(16)13(11-8-6-5-7-9-11)17-18(10)14(19)20-15(2,3)4/h5-9H,1-4H3. The third-order valence-electron chi connectivity index (χ3n) is 2.66. The second kappa shape index (κ2) is 5.40. The van der Waals surface area contributed by atoms with Gasteiger partial charge in [0, 0.05) is 5.56 Å². The Hall–Kier alpha value is -1.62. The quantitative estimate of drug-likeness (QED) is 0.774. The van der Waals surface area contributed by atoms with Gasteiger partial charge in [0.2, 0.25) is 0 Å². The van der Waals surface area contributed by atoms with Crippen molar-refractivity contribution in [3.63, 3.8) is 0 Å². The second-order valence-corrected chi connectivity index (χ2v) is 6.30. The van der Waals surface area contributed by atoms with E-state index in [-0.39, 0.29) is 0 Å². The Labute approximate surface area is 126 Å². The molecule has 2 aromatic rings. The fraction of sp³-hybridized carbons (Fsp3) is 0.333. The van der Waals surface area contributed by atoms with E-state index >= 15 is 0 Å². The van der Waals surface area contributed by atoms with Gasteiger partial charge < -0.3 is 4.74 Å². The van der Waals surface area contributed by atoms with Crippen LogP contribution in [-0.4, -0.2) is 21.5 Å². The van der Waals surface area contributed by atoms with Crippen LogP contribution in [0.4, 0.5) is 4.79 Å². The second-order valence-electron chi connectivity index (χ2n) is 5.51. The number of rotatable bonds is 1. The highest BCUT2D eigenvalue weighted by Crippen LogP contribution is 2.30. The Kier molecular flexibility index (Phi) is 3.99. The van der Waals surface area contributed by atoms with Gasteiger partial charge in [-0.3, -0.25) is 0 Å². The molecule has 0 unspecified atom stereocenters. The van der Waals surface area contributed by atoms with Crippen molar-refractivity contribution in [1.82, 2.24) is 9.78 Å². The highest BCUT2D eigenvalue weighted by Gasteiger charge is 2.23. The molecule has 2 rings (SSSR count). The molecule has 0 radical (unpaired) electrons. The van der Waals surface area contributed by atoms with E-state index in [0.717, 1.165) is 21.4 Å². The molecule has 1 aromatic heterocycles. The highest BCUT2D eigenvalue weighted by atomic mass is 79.9. The molecular formula is C15H17BrN2O2. The van der Waals surface area contributed by atoms with E-state index in [4.69, 9.17) is 4.74 Å². The summed E-state index contributed by atoms with van der Waals surface area (Å²) in [6, 6.07) is 9.71. The van der Waals surface area contributed by atoms with Gasteiger partial charge in [-0.25, -0.2) is 4.79 Å². The minimum absolute atomic E-state index is 0.474. The summed E-state index contributed by atoms with van der Waals surface area (Å²) in [6.45, 7) is 7.32. The van der Waals surface area contributed by atoms with Gasteiger partial charge in [-0.05, 0) is 43.6 Å². The van der Waals surface area contributed by atoms with E-state index in [1.165, 1.54) is 4.68 Å². The number of nitrogens with zero attached hydrogens (tertiary/aromatic N) is 2. The first-order valence-electron chi connectivity index (χ1n) is 6.33. The Morgan fingerprint density at radius 2 is 1.85 bits per heavy atom. The molecule has 0 amide bonds. The predicted molar refractivity (Wildman–Crippen MR) is 81.7 cm³/mol. The summed E-state index contributed by atoms with van der Waals surface area (Å²) in [5.41, 5.74) is 1.85. The van der Waals surface area contributed by atoms with Crippen molar-refractivity contribution in [3.05, 3.63) is 40.5 Å². The van der Waals surface area contributed by atoms with Crippen LogP contribution in [0.2, 0.25) is 0 Å². The Morgan fingerprint density at radius 3 is 2.40 bits per heavy atom. The number of carbonyl (C=O) groups is 1. The normalized spacial score (nSPS) is 11.4. The molecule has 4 nitrogen and oxygen atoms in total. The number of benzene rings is 1. The van der Waals surface area contributed by atoms with E-state index in [1.54, 1.807) is 0 Å². The summed E-state index contributed by atoms with van der Waals surface area (Å²) in [5, 5.41) is 4.36. The molecule has 1 aromatic carbocycles. The van der Waals surface area contributed by atoms with Crippen LogP contribution < -0.4 is 0 Å². The lowest BCUT2D eigenvalue weighted by Gasteiger charge is -2.19. The highest BCUT2D eigenvalue weighted by molar-refractivity contribution is 9.10. The average molecular weight is 337 g/mol. The van der Waals surface area contributed by atoms with Gasteiger partial charge in [-0.2, -0.15) is 9.78 Å². The maximum atomic E-state index is 12.1. The summed E-state index contributed by atoms with van der Waals surface area (Å²) in [6.07, 6.45) is -0.474. The van der Waals surface area contributed by atoms with Gasteiger partial charge in [0.1, 0.15) is 11.3 Å². The fourth-order valence-electron chi connectivity index (χ4n) is 1.75. The van der Waals surface area contributed by atoms with Crippen molar-refractivity contribution in [1.29, 1.82) is 0 Å². The first kappa shape index (κ1) is 14.8. The molecule has 0 bridgehead atoms. The first-order chi connectivity index (χ1) is 9.29. The van der Waals surface area contributed by atoms with Gasteiger partial charge in [0.05, 0.1) is 10.2 Å². The fourth-order valence-corrected chi connectivity index (χ4v) is 2.22.